The molecule has 2 N–H and O–H groups in total. The molecule has 0 fully saturated rings. The predicted octanol–water partition coefficient (Wildman–Crippen LogP) is 2.18. The monoisotopic (exact) mass is 268 g/mol. The van der Waals surface area contributed by atoms with Crippen molar-refractivity contribution >= 4 is 0 Å². The number of aliphatic hydroxyl groups excluding tert-OH is 1. The minimum absolute atomic E-state index is 0.181. The topological polar surface area (TPSA) is 35.5 Å². The average molecular weight is 268 g/mol. The van der Waals surface area contributed by atoms with Crippen molar-refractivity contribution in [1.29, 1.82) is 0 Å². The molecule has 0 aliphatic heterocycles. The lowest BCUT2D eigenvalue weighted by molar-refractivity contribution is 0.215. The summed E-state index contributed by atoms with van der Waals surface area (Å²) in [6, 6.07) is 6.94. The van der Waals surface area contributed by atoms with E-state index < -0.39 is 0 Å². The van der Waals surface area contributed by atoms with Crippen LogP contribution in [-0.2, 0) is 0 Å². The lowest BCUT2D eigenvalue weighted by atomic mass is 10.0. The molecule has 0 aromatic heterocycles. The summed E-state index contributed by atoms with van der Waals surface area (Å²) in [5, 5.41) is 12.4. The highest BCUT2D eigenvalue weighted by molar-refractivity contribution is 5.19. The van der Waals surface area contributed by atoms with Gasteiger partial charge in [-0.15, -0.1) is 0 Å². The first-order chi connectivity index (χ1) is 9.17. The van der Waals surface area contributed by atoms with Crippen molar-refractivity contribution in [3.8, 4) is 0 Å². The summed E-state index contributed by atoms with van der Waals surface area (Å²) in [5.74, 6) is -0.199. The lowest BCUT2D eigenvalue weighted by Gasteiger charge is -2.22. The van der Waals surface area contributed by atoms with E-state index in [1.165, 1.54) is 12.1 Å². The minimum Gasteiger partial charge on any atom is -0.395 e. The summed E-state index contributed by atoms with van der Waals surface area (Å²) >= 11 is 0. The second-order valence-corrected chi connectivity index (χ2v) is 4.87. The number of hydrogen-bond acceptors (Lipinski definition) is 3. The van der Waals surface area contributed by atoms with Crippen LogP contribution < -0.4 is 5.32 Å². The van der Waals surface area contributed by atoms with E-state index in [2.05, 4.69) is 17.1 Å². The second-order valence-electron chi connectivity index (χ2n) is 4.87. The molecule has 0 aliphatic carbocycles. The van der Waals surface area contributed by atoms with Crippen LogP contribution in [-0.4, -0.2) is 43.3 Å². The van der Waals surface area contributed by atoms with E-state index in [-0.39, 0.29) is 18.5 Å². The van der Waals surface area contributed by atoms with Crippen molar-refractivity contribution in [2.24, 2.45) is 0 Å². The molecule has 0 bridgehead atoms. The quantitative estimate of drug-likeness (QED) is 0.720. The van der Waals surface area contributed by atoms with E-state index in [1.807, 2.05) is 19.2 Å². The molecule has 108 valence electrons. The molecule has 0 aliphatic rings. The SMILES string of the molecule is CCCNC(CCN(C)CCO)c1ccc(F)cc1. The number of nitrogens with one attached hydrogen (secondary N) is 1. The van der Waals surface area contributed by atoms with Crippen LogP contribution in [0.5, 0.6) is 0 Å². The van der Waals surface area contributed by atoms with Gasteiger partial charge >= 0.3 is 0 Å². The van der Waals surface area contributed by atoms with Crippen LogP contribution in [0.4, 0.5) is 4.39 Å². The molecule has 1 aromatic carbocycles. The maximum atomic E-state index is 13.0. The number of benzene rings is 1. The molecule has 19 heavy (non-hydrogen) atoms. The zero-order valence-electron chi connectivity index (χ0n) is 11.9. The Balaban J connectivity index is 2.58. The van der Waals surface area contributed by atoms with Gasteiger partial charge in [0.2, 0.25) is 0 Å². The Morgan fingerprint density at radius 3 is 2.53 bits per heavy atom. The van der Waals surface area contributed by atoms with Gasteiger partial charge in [0.25, 0.3) is 0 Å². The maximum Gasteiger partial charge on any atom is 0.123 e. The first kappa shape index (κ1) is 16.1. The van der Waals surface area contributed by atoms with Crippen LogP contribution in [0.3, 0.4) is 0 Å². The number of likely N-dealkylation sites (N-methyl/N-ethyl adjacent to an activating group) is 1. The molecule has 0 saturated heterocycles. The Kier molecular flexibility index (Phi) is 7.63. The summed E-state index contributed by atoms with van der Waals surface area (Å²) in [7, 11) is 2.00. The molecule has 0 amide bonds. The van der Waals surface area contributed by atoms with Crippen LogP contribution in [0.1, 0.15) is 31.4 Å². The molecule has 0 heterocycles. The average Bonchev–Trinajstić information content (AvgIpc) is 2.40. The van der Waals surface area contributed by atoms with Gasteiger partial charge in [-0.05, 0) is 50.7 Å². The van der Waals surface area contributed by atoms with E-state index in [0.29, 0.717) is 6.54 Å². The predicted molar refractivity (Wildman–Crippen MR) is 76.6 cm³/mol. The highest BCUT2D eigenvalue weighted by Gasteiger charge is 2.11. The molecule has 0 radical (unpaired) electrons. The summed E-state index contributed by atoms with van der Waals surface area (Å²) < 4.78 is 13.0. The maximum absolute atomic E-state index is 13.0. The van der Waals surface area contributed by atoms with E-state index in [1.54, 1.807) is 0 Å². The summed E-state index contributed by atoms with van der Waals surface area (Å²) in [6.45, 7) is 4.85. The Morgan fingerprint density at radius 2 is 1.95 bits per heavy atom. The fourth-order valence-electron chi connectivity index (χ4n) is 2.03. The fourth-order valence-corrected chi connectivity index (χ4v) is 2.03. The molecular weight excluding hydrogens is 243 g/mol. The molecule has 4 heteroatoms. The Labute approximate surface area is 115 Å². The number of rotatable bonds is 9. The third kappa shape index (κ3) is 6.14. The van der Waals surface area contributed by atoms with Gasteiger partial charge in [0.05, 0.1) is 6.61 Å². The Hall–Kier alpha value is -0.970. The zero-order chi connectivity index (χ0) is 14.1. The highest BCUT2D eigenvalue weighted by Crippen LogP contribution is 2.17. The lowest BCUT2D eigenvalue weighted by Crippen LogP contribution is -2.29. The van der Waals surface area contributed by atoms with Gasteiger partial charge in [0.15, 0.2) is 0 Å². The van der Waals surface area contributed by atoms with Gasteiger partial charge in [-0.2, -0.15) is 0 Å². The van der Waals surface area contributed by atoms with Crippen LogP contribution in [0, 0.1) is 5.82 Å². The van der Waals surface area contributed by atoms with Crippen molar-refractivity contribution in [3.63, 3.8) is 0 Å². The van der Waals surface area contributed by atoms with Crippen LogP contribution >= 0.6 is 0 Å². The van der Waals surface area contributed by atoms with Crippen LogP contribution in [0.15, 0.2) is 24.3 Å². The normalized spacial score (nSPS) is 12.9. The highest BCUT2D eigenvalue weighted by atomic mass is 19.1. The van der Waals surface area contributed by atoms with Crippen LogP contribution in [0.25, 0.3) is 0 Å². The standard InChI is InChI=1S/C15H25FN2O/c1-3-9-17-15(8-10-18(2)11-12-19)13-4-6-14(16)7-5-13/h4-7,15,17,19H,3,8-12H2,1-2H3. The zero-order valence-corrected chi connectivity index (χ0v) is 11.9. The summed E-state index contributed by atoms with van der Waals surface area (Å²) in [5.41, 5.74) is 1.12. The van der Waals surface area contributed by atoms with Crippen molar-refractivity contribution in [3.05, 3.63) is 35.6 Å². The number of halogens is 1. The van der Waals surface area contributed by atoms with Gasteiger partial charge in [-0.25, -0.2) is 4.39 Å². The molecule has 1 atom stereocenters. The third-order valence-electron chi connectivity index (χ3n) is 3.19. The summed E-state index contributed by atoms with van der Waals surface area (Å²) in [6.07, 6.45) is 2.02. The summed E-state index contributed by atoms with van der Waals surface area (Å²) in [4.78, 5) is 2.10. The van der Waals surface area contributed by atoms with Crippen LogP contribution in [0.2, 0.25) is 0 Å². The molecule has 0 saturated carbocycles. The van der Waals surface area contributed by atoms with Gasteiger partial charge < -0.3 is 15.3 Å². The van der Waals surface area contributed by atoms with E-state index >= 15 is 0 Å². The number of aliphatic hydroxyl groups is 1. The van der Waals surface area contributed by atoms with Crippen molar-refractivity contribution < 1.29 is 9.50 Å². The number of nitrogens with zero attached hydrogens (tertiary/aromatic N) is 1. The van der Waals surface area contributed by atoms with Crippen molar-refractivity contribution in [2.45, 2.75) is 25.8 Å². The smallest absolute Gasteiger partial charge is 0.123 e. The van der Waals surface area contributed by atoms with Gasteiger partial charge in [-0.1, -0.05) is 19.1 Å². The minimum atomic E-state index is -0.199. The molecule has 3 nitrogen and oxygen atoms in total. The first-order valence-corrected chi connectivity index (χ1v) is 6.95. The largest absolute Gasteiger partial charge is 0.395 e. The van der Waals surface area contributed by atoms with Crippen molar-refractivity contribution in [1.82, 2.24) is 10.2 Å². The third-order valence-corrected chi connectivity index (χ3v) is 3.19. The van der Waals surface area contributed by atoms with Gasteiger partial charge in [-0.3, -0.25) is 0 Å². The Morgan fingerprint density at radius 1 is 1.26 bits per heavy atom. The molecule has 1 aromatic rings. The molecule has 1 rings (SSSR count). The number of hydrogen-bond donors (Lipinski definition) is 2. The second kappa shape index (κ2) is 9.02. The fraction of sp³-hybridized carbons (Fsp3) is 0.600. The van der Waals surface area contributed by atoms with E-state index in [0.717, 1.165) is 31.5 Å². The first-order valence-electron chi connectivity index (χ1n) is 6.95. The van der Waals surface area contributed by atoms with Gasteiger partial charge in [0.1, 0.15) is 5.82 Å². The van der Waals surface area contributed by atoms with E-state index in [9.17, 15) is 4.39 Å². The van der Waals surface area contributed by atoms with E-state index in [4.69, 9.17) is 5.11 Å². The van der Waals surface area contributed by atoms with Gasteiger partial charge in [0, 0.05) is 12.6 Å². The molecule has 1 unspecified atom stereocenters. The molecule has 0 spiro atoms. The molecular formula is C15H25FN2O. The van der Waals surface area contributed by atoms with Crippen molar-refractivity contribution in [2.75, 3.05) is 33.3 Å². The Bertz CT molecular complexity index is 343.